The summed E-state index contributed by atoms with van der Waals surface area (Å²) >= 11 is 0. The highest BCUT2D eigenvalue weighted by atomic mass is 16.5. The lowest BCUT2D eigenvalue weighted by atomic mass is 10.0. The minimum Gasteiger partial charge on any atom is -0.497 e. The van der Waals surface area contributed by atoms with Gasteiger partial charge in [-0.1, -0.05) is 54.6 Å². The first-order chi connectivity index (χ1) is 14.0. The molecule has 3 aromatic carbocycles. The van der Waals surface area contributed by atoms with Crippen molar-refractivity contribution in [3.63, 3.8) is 0 Å². The molecule has 29 heavy (non-hydrogen) atoms. The molecule has 0 aromatic heterocycles. The van der Waals surface area contributed by atoms with E-state index in [-0.39, 0.29) is 12.5 Å². The molecule has 0 saturated heterocycles. The maximum Gasteiger partial charge on any atom is 0.257 e. The minimum atomic E-state index is -0.950. The predicted molar refractivity (Wildman–Crippen MR) is 112 cm³/mol. The van der Waals surface area contributed by atoms with Crippen LogP contribution in [0.2, 0.25) is 0 Å². The van der Waals surface area contributed by atoms with Crippen molar-refractivity contribution in [2.45, 2.75) is 12.6 Å². The van der Waals surface area contributed by atoms with Gasteiger partial charge in [-0.25, -0.2) is 0 Å². The van der Waals surface area contributed by atoms with Gasteiger partial charge in [-0.15, -0.1) is 0 Å². The zero-order chi connectivity index (χ0) is 20.8. The number of rotatable bonds is 7. The van der Waals surface area contributed by atoms with Crippen LogP contribution >= 0.6 is 0 Å². The highest BCUT2D eigenvalue weighted by Gasteiger charge is 2.31. The number of nitrogen functional groups attached to an aromatic ring is 1. The Labute approximate surface area is 169 Å². The van der Waals surface area contributed by atoms with Crippen LogP contribution in [0.3, 0.4) is 0 Å². The van der Waals surface area contributed by atoms with E-state index in [2.05, 4.69) is 0 Å². The van der Waals surface area contributed by atoms with Gasteiger partial charge >= 0.3 is 0 Å². The topological polar surface area (TPSA) is 98.7 Å². The Hall–Kier alpha value is -3.80. The lowest BCUT2D eigenvalue weighted by Crippen LogP contribution is -2.41. The number of hydrogen-bond donors (Lipinski definition) is 2. The first-order valence-corrected chi connectivity index (χ1v) is 9.14. The third kappa shape index (κ3) is 4.55. The summed E-state index contributed by atoms with van der Waals surface area (Å²) in [6.07, 6.45) is 0. The van der Waals surface area contributed by atoms with E-state index in [4.69, 9.17) is 16.2 Å². The van der Waals surface area contributed by atoms with Crippen LogP contribution < -0.4 is 16.2 Å². The summed E-state index contributed by atoms with van der Waals surface area (Å²) in [6, 6.07) is 22.1. The van der Waals surface area contributed by atoms with Gasteiger partial charge in [0, 0.05) is 12.2 Å². The number of para-hydroxylation sites is 1. The fourth-order valence-electron chi connectivity index (χ4n) is 3.23. The number of amides is 2. The molecule has 1 atom stereocenters. The first kappa shape index (κ1) is 19.9. The third-order valence-electron chi connectivity index (χ3n) is 4.64. The number of nitrogens with two attached hydrogens (primary N) is 2. The maximum absolute atomic E-state index is 13.5. The van der Waals surface area contributed by atoms with Crippen molar-refractivity contribution in [2.24, 2.45) is 5.73 Å². The summed E-state index contributed by atoms with van der Waals surface area (Å²) in [5.74, 6) is -0.343. The monoisotopic (exact) mass is 389 g/mol. The summed E-state index contributed by atoms with van der Waals surface area (Å²) in [4.78, 5) is 27.3. The predicted octanol–water partition coefficient (Wildman–Crippen LogP) is 3.15. The zero-order valence-corrected chi connectivity index (χ0v) is 16.1. The van der Waals surface area contributed by atoms with E-state index in [1.54, 1.807) is 55.6 Å². The number of nitrogens with zero attached hydrogens (tertiary/aromatic N) is 1. The molecule has 0 aliphatic carbocycles. The highest BCUT2D eigenvalue weighted by Crippen LogP contribution is 2.27. The minimum absolute atomic E-state index is 0.160. The average Bonchev–Trinajstić information content (AvgIpc) is 2.74. The van der Waals surface area contributed by atoms with Crippen LogP contribution in [-0.4, -0.2) is 23.8 Å². The van der Waals surface area contributed by atoms with Gasteiger partial charge in [-0.05, 0) is 35.4 Å². The standard InChI is InChI=1S/C23H23N3O3/c1-29-18-11-7-8-16(14-18)15-26(23(28)19-12-5-6-13-20(19)24)21(22(25)27)17-9-3-2-4-10-17/h2-14,21H,15,24H2,1H3,(H2,25,27)/t21-/m1/s1. The molecule has 0 saturated carbocycles. The quantitative estimate of drug-likeness (QED) is 0.607. The highest BCUT2D eigenvalue weighted by molar-refractivity contribution is 6.01. The van der Waals surface area contributed by atoms with Crippen LogP contribution in [0.1, 0.15) is 27.5 Å². The molecule has 148 valence electrons. The van der Waals surface area contributed by atoms with Crippen LogP contribution in [0.4, 0.5) is 5.69 Å². The van der Waals surface area contributed by atoms with Crippen molar-refractivity contribution in [3.8, 4) is 5.75 Å². The maximum atomic E-state index is 13.5. The Morgan fingerprint density at radius 3 is 2.31 bits per heavy atom. The van der Waals surface area contributed by atoms with E-state index in [1.165, 1.54) is 4.90 Å². The van der Waals surface area contributed by atoms with Crippen LogP contribution in [0.15, 0.2) is 78.9 Å². The average molecular weight is 389 g/mol. The summed E-state index contributed by atoms with van der Waals surface area (Å²) in [5.41, 5.74) is 13.9. The molecule has 0 spiro atoms. The van der Waals surface area contributed by atoms with E-state index in [0.29, 0.717) is 22.6 Å². The molecule has 6 heteroatoms. The lowest BCUT2D eigenvalue weighted by Gasteiger charge is -2.31. The second-order valence-electron chi connectivity index (χ2n) is 6.59. The fourth-order valence-corrected chi connectivity index (χ4v) is 3.23. The van der Waals surface area contributed by atoms with Crippen molar-refractivity contribution in [1.82, 2.24) is 4.90 Å². The molecule has 0 fully saturated rings. The molecule has 0 aliphatic heterocycles. The van der Waals surface area contributed by atoms with Gasteiger partial charge in [0.25, 0.3) is 5.91 Å². The fraction of sp³-hybridized carbons (Fsp3) is 0.130. The Balaban J connectivity index is 2.08. The van der Waals surface area contributed by atoms with Crippen LogP contribution in [0.25, 0.3) is 0 Å². The van der Waals surface area contributed by atoms with E-state index in [9.17, 15) is 9.59 Å². The van der Waals surface area contributed by atoms with E-state index in [1.807, 2.05) is 30.3 Å². The Morgan fingerprint density at radius 2 is 1.66 bits per heavy atom. The molecule has 0 unspecified atom stereocenters. The molecule has 0 bridgehead atoms. The largest absolute Gasteiger partial charge is 0.497 e. The number of anilines is 1. The summed E-state index contributed by atoms with van der Waals surface area (Å²) in [7, 11) is 1.57. The van der Waals surface area contributed by atoms with E-state index in [0.717, 1.165) is 5.56 Å². The molecule has 0 radical (unpaired) electrons. The van der Waals surface area contributed by atoms with Gasteiger partial charge in [-0.2, -0.15) is 0 Å². The molecule has 6 nitrogen and oxygen atoms in total. The van der Waals surface area contributed by atoms with E-state index < -0.39 is 11.9 Å². The molecule has 4 N–H and O–H groups in total. The second-order valence-corrected chi connectivity index (χ2v) is 6.59. The Morgan fingerprint density at radius 1 is 0.966 bits per heavy atom. The SMILES string of the molecule is COc1cccc(CN(C(=O)c2ccccc2N)[C@@H](C(N)=O)c2ccccc2)c1. The third-order valence-corrected chi connectivity index (χ3v) is 4.64. The number of ether oxygens (including phenoxy) is 1. The Kier molecular flexibility index (Phi) is 6.14. The van der Waals surface area contributed by atoms with Crippen molar-refractivity contribution >= 4 is 17.5 Å². The lowest BCUT2D eigenvalue weighted by molar-refractivity contribution is -0.122. The summed E-state index contributed by atoms with van der Waals surface area (Å²) in [6.45, 7) is 0.160. The van der Waals surface area contributed by atoms with Crippen molar-refractivity contribution < 1.29 is 14.3 Å². The van der Waals surface area contributed by atoms with E-state index >= 15 is 0 Å². The summed E-state index contributed by atoms with van der Waals surface area (Å²) < 4.78 is 5.28. The van der Waals surface area contributed by atoms with Gasteiger partial charge in [-0.3, -0.25) is 9.59 Å². The number of hydrogen-bond acceptors (Lipinski definition) is 4. The van der Waals surface area contributed by atoms with Gasteiger partial charge in [0.1, 0.15) is 11.8 Å². The van der Waals surface area contributed by atoms with Crippen molar-refractivity contribution in [3.05, 3.63) is 95.6 Å². The number of carbonyl (C=O) groups is 2. The molecule has 0 aliphatic rings. The van der Waals surface area contributed by atoms with Crippen molar-refractivity contribution in [1.29, 1.82) is 0 Å². The number of carbonyl (C=O) groups excluding carboxylic acids is 2. The van der Waals surface area contributed by atoms with Gasteiger partial charge in [0.05, 0.1) is 12.7 Å². The molecule has 2 amide bonds. The first-order valence-electron chi connectivity index (χ1n) is 9.14. The number of methoxy groups -OCH3 is 1. The second kappa shape index (κ2) is 8.93. The van der Waals surface area contributed by atoms with Gasteiger partial charge in [0.2, 0.25) is 5.91 Å². The smallest absolute Gasteiger partial charge is 0.257 e. The van der Waals surface area contributed by atoms with Crippen molar-refractivity contribution in [2.75, 3.05) is 12.8 Å². The van der Waals surface area contributed by atoms with Gasteiger partial charge < -0.3 is 21.1 Å². The Bertz CT molecular complexity index is 1010. The number of primary amides is 1. The summed E-state index contributed by atoms with van der Waals surface area (Å²) in [5, 5.41) is 0. The van der Waals surface area contributed by atoms with Crippen LogP contribution in [-0.2, 0) is 11.3 Å². The number of benzene rings is 3. The van der Waals surface area contributed by atoms with Crippen LogP contribution in [0.5, 0.6) is 5.75 Å². The molecule has 3 rings (SSSR count). The zero-order valence-electron chi connectivity index (χ0n) is 16.1. The van der Waals surface area contributed by atoms with Crippen LogP contribution in [0, 0.1) is 0 Å². The molecular formula is C23H23N3O3. The molecule has 3 aromatic rings. The molecule has 0 heterocycles. The van der Waals surface area contributed by atoms with Gasteiger partial charge in [0.15, 0.2) is 0 Å². The normalized spacial score (nSPS) is 11.5. The molecular weight excluding hydrogens is 366 g/mol.